The minimum absolute atomic E-state index is 0.0998. The van der Waals surface area contributed by atoms with E-state index in [1.165, 1.54) is 0 Å². The molecule has 128 valence electrons. The van der Waals surface area contributed by atoms with E-state index in [1.54, 1.807) is 29.4 Å². The van der Waals surface area contributed by atoms with Gasteiger partial charge >= 0.3 is 5.97 Å². The van der Waals surface area contributed by atoms with Crippen LogP contribution >= 0.6 is 0 Å². The Kier molecular flexibility index (Phi) is 4.09. The van der Waals surface area contributed by atoms with Crippen LogP contribution in [0.4, 0.5) is 5.69 Å². The quantitative estimate of drug-likeness (QED) is 0.778. The molecule has 0 spiro atoms. The molecule has 1 aromatic heterocycles. The summed E-state index contributed by atoms with van der Waals surface area (Å²) in [5, 5.41) is 0. The molecule has 1 saturated heterocycles. The van der Waals surface area contributed by atoms with E-state index in [-0.39, 0.29) is 5.91 Å². The number of hydrogen-bond acceptors (Lipinski definition) is 5. The van der Waals surface area contributed by atoms with Crippen LogP contribution in [-0.2, 0) is 16.0 Å². The maximum atomic E-state index is 12.8. The first-order valence-electron chi connectivity index (χ1n) is 8.45. The molecule has 2 aliphatic rings. The molecule has 3 heterocycles. The Morgan fingerprint density at radius 2 is 1.76 bits per heavy atom. The average Bonchev–Trinajstić information content (AvgIpc) is 2.68. The maximum absolute atomic E-state index is 12.8. The lowest BCUT2D eigenvalue weighted by Crippen LogP contribution is -2.53. The van der Waals surface area contributed by atoms with E-state index < -0.39 is 12.1 Å². The van der Waals surface area contributed by atoms with Crippen LogP contribution in [0.5, 0.6) is 0 Å². The van der Waals surface area contributed by atoms with Crippen molar-refractivity contribution in [2.45, 2.75) is 12.5 Å². The van der Waals surface area contributed by atoms with Crippen molar-refractivity contribution in [3.63, 3.8) is 0 Å². The van der Waals surface area contributed by atoms with E-state index >= 15 is 0 Å². The molecule has 1 fully saturated rings. The molecule has 25 heavy (non-hydrogen) atoms. The van der Waals surface area contributed by atoms with Crippen LogP contribution in [0.25, 0.3) is 0 Å². The van der Waals surface area contributed by atoms with Crippen molar-refractivity contribution in [2.75, 3.05) is 31.1 Å². The molecule has 6 nitrogen and oxygen atoms in total. The van der Waals surface area contributed by atoms with Crippen molar-refractivity contribution in [3.05, 3.63) is 59.9 Å². The molecule has 2 aliphatic heterocycles. The third kappa shape index (κ3) is 3.07. The van der Waals surface area contributed by atoms with Crippen LogP contribution in [0.3, 0.4) is 0 Å². The number of nitrogens with zero attached hydrogens (tertiary/aromatic N) is 3. The number of aromatic nitrogens is 1. The molecule has 4 rings (SSSR count). The van der Waals surface area contributed by atoms with Gasteiger partial charge in [0, 0.05) is 50.7 Å². The number of ether oxygens (including phenoxy) is 1. The lowest BCUT2D eigenvalue weighted by atomic mass is 9.98. The van der Waals surface area contributed by atoms with Crippen molar-refractivity contribution in [3.8, 4) is 0 Å². The molecule has 0 bridgehead atoms. The van der Waals surface area contributed by atoms with Gasteiger partial charge in [0.25, 0.3) is 5.91 Å². The van der Waals surface area contributed by atoms with Crippen molar-refractivity contribution < 1.29 is 14.3 Å². The van der Waals surface area contributed by atoms with Gasteiger partial charge in [0.15, 0.2) is 6.10 Å². The molecule has 1 aromatic carbocycles. The second-order valence-electron chi connectivity index (χ2n) is 6.27. The Bertz CT molecular complexity index is 786. The highest BCUT2D eigenvalue weighted by Crippen LogP contribution is 2.22. The summed E-state index contributed by atoms with van der Waals surface area (Å²) in [5.74, 6) is -0.507. The van der Waals surface area contributed by atoms with Gasteiger partial charge in [-0.05, 0) is 23.8 Å². The van der Waals surface area contributed by atoms with Gasteiger partial charge in [0.1, 0.15) is 0 Å². The molecule has 2 aromatic rings. The molecule has 0 saturated carbocycles. The van der Waals surface area contributed by atoms with Crippen molar-refractivity contribution in [1.29, 1.82) is 0 Å². The fourth-order valence-electron chi connectivity index (χ4n) is 3.41. The minimum Gasteiger partial charge on any atom is -0.448 e. The number of piperazine rings is 1. The summed E-state index contributed by atoms with van der Waals surface area (Å²) in [6.45, 7) is 2.76. The molecule has 1 atom stereocenters. The van der Waals surface area contributed by atoms with Crippen molar-refractivity contribution in [1.82, 2.24) is 9.88 Å². The summed E-state index contributed by atoms with van der Waals surface area (Å²) in [6.07, 6.45) is 3.28. The number of pyridine rings is 1. The topological polar surface area (TPSA) is 62.7 Å². The summed E-state index contributed by atoms with van der Waals surface area (Å²) in [5.41, 5.74) is 2.56. The molecular formula is C19H19N3O3. The Labute approximate surface area is 146 Å². The average molecular weight is 337 g/mol. The molecule has 1 amide bonds. The first kappa shape index (κ1) is 15.6. The third-order valence-electron chi connectivity index (χ3n) is 4.79. The number of esters is 1. The van der Waals surface area contributed by atoms with Gasteiger partial charge in [-0.15, -0.1) is 0 Å². The van der Waals surface area contributed by atoms with Crippen molar-refractivity contribution in [2.24, 2.45) is 0 Å². The lowest BCUT2D eigenvalue weighted by molar-refractivity contribution is -0.141. The number of carbonyl (C=O) groups excluding carboxylic acids is 2. The highest BCUT2D eigenvalue weighted by atomic mass is 16.5. The third-order valence-corrected chi connectivity index (χ3v) is 4.79. The molecular weight excluding hydrogens is 318 g/mol. The van der Waals surface area contributed by atoms with Gasteiger partial charge in [-0.1, -0.05) is 18.2 Å². The number of cyclic esters (lactones) is 1. The largest absolute Gasteiger partial charge is 0.448 e. The summed E-state index contributed by atoms with van der Waals surface area (Å²) >= 11 is 0. The molecule has 0 aliphatic carbocycles. The zero-order chi connectivity index (χ0) is 17.2. The Morgan fingerprint density at radius 3 is 2.52 bits per heavy atom. The standard InChI is InChI=1S/C19H19N3O3/c23-18(17-13-14-3-1-2-4-16(14)19(24)25-17)22-11-9-21(10-12-22)15-5-7-20-8-6-15/h1-8,17H,9-13H2. The van der Waals surface area contributed by atoms with Crippen LogP contribution in [0.2, 0.25) is 0 Å². The Hall–Kier alpha value is -2.89. The van der Waals surface area contributed by atoms with Crippen LogP contribution in [0.15, 0.2) is 48.8 Å². The Morgan fingerprint density at radius 1 is 1.04 bits per heavy atom. The number of amides is 1. The summed E-state index contributed by atoms with van der Waals surface area (Å²) in [6, 6.07) is 11.3. The smallest absolute Gasteiger partial charge is 0.339 e. The van der Waals surface area contributed by atoms with Crippen LogP contribution in [0.1, 0.15) is 15.9 Å². The van der Waals surface area contributed by atoms with Crippen LogP contribution in [-0.4, -0.2) is 54.0 Å². The molecule has 1 unspecified atom stereocenters. The second kappa shape index (κ2) is 6.55. The first-order valence-corrected chi connectivity index (χ1v) is 8.45. The molecule has 6 heteroatoms. The number of hydrogen-bond donors (Lipinski definition) is 0. The highest BCUT2D eigenvalue weighted by Gasteiger charge is 2.34. The fourth-order valence-corrected chi connectivity index (χ4v) is 3.41. The summed E-state index contributed by atoms with van der Waals surface area (Å²) < 4.78 is 5.39. The van der Waals surface area contributed by atoms with Gasteiger partial charge in [-0.25, -0.2) is 4.79 Å². The van der Waals surface area contributed by atoms with E-state index in [4.69, 9.17) is 4.74 Å². The Balaban J connectivity index is 1.41. The predicted molar refractivity (Wildman–Crippen MR) is 92.4 cm³/mol. The summed E-state index contributed by atoms with van der Waals surface area (Å²) in [7, 11) is 0. The minimum atomic E-state index is -0.713. The number of anilines is 1. The van der Waals surface area contributed by atoms with E-state index in [9.17, 15) is 9.59 Å². The van der Waals surface area contributed by atoms with Gasteiger partial charge in [-0.3, -0.25) is 9.78 Å². The van der Waals surface area contributed by atoms with Gasteiger partial charge in [0.2, 0.25) is 0 Å². The first-order chi connectivity index (χ1) is 12.2. The SMILES string of the molecule is O=C1OC(C(=O)N2CCN(c3ccncc3)CC2)Cc2ccccc21. The molecule has 0 radical (unpaired) electrons. The lowest BCUT2D eigenvalue weighted by Gasteiger charge is -2.38. The van der Waals surface area contributed by atoms with Crippen LogP contribution in [0, 0.1) is 0 Å². The highest BCUT2D eigenvalue weighted by molar-refractivity contribution is 5.95. The van der Waals surface area contributed by atoms with E-state index in [0.29, 0.717) is 25.1 Å². The fraction of sp³-hybridized carbons (Fsp3) is 0.316. The van der Waals surface area contributed by atoms with Crippen LogP contribution < -0.4 is 4.90 Å². The van der Waals surface area contributed by atoms with Gasteiger partial charge < -0.3 is 14.5 Å². The number of benzene rings is 1. The van der Waals surface area contributed by atoms with Gasteiger partial charge in [0.05, 0.1) is 5.56 Å². The van der Waals surface area contributed by atoms with Gasteiger partial charge in [-0.2, -0.15) is 0 Å². The number of carbonyl (C=O) groups is 2. The normalized spacial score (nSPS) is 20.0. The van der Waals surface area contributed by atoms with Crippen molar-refractivity contribution >= 4 is 17.6 Å². The number of rotatable bonds is 2. The van der Waals surface area contributed by atoms with E-state index in [1.807, 2.05) is 24.3 Å². The number of fused-ring (bicyclic) bond motifs is 1. The predicted octanol–water partition coefficient (Wildman–Crippen LogP) is 1.51. The summed E-state index contributed by atoms with van der Waals surface area (Å²) in [4.78, 5) is 32.9. The van der Waals surface area contributed by atoms with E-state index in [0.717, 1.165) is 24.3 Å². The van der Waals surface area contributed by atoms with E-state index in [2.05, 4.69) is 9.88 Å². The maximum Gasteiger partial charge on any atom is 0.339 e. The molecule has 0 N–H and O–H groups in total. The zero-order valence-corrected chi connectivity index (χ0v) is 13.8. The monoisotopic (exact) mass is 337 g/mol. The second-order valence-corrected chi connectivity index (χ2v) is 6.27. The zero-order valence-electron chi connectivity index (χ0n) is 13.8.